The number of carbonyl (C=O) groups excluding carboxylic acids is 1. The highest BCUT2D eigenvalue weighted by molar-refractivity contribution is 5.95. The van der Waals surface area contributed by atoms with Gasteiger partial charge in [0.1, 0.15) is 35.9 Å². The molecule has 37 heavy (non-hydrogen) atoms. The lowest BCUT2D eigenvalue weighted by molar-refractivity contribution is 0.0378. The molecule has 1 aliphatic rings. The summed E-state index contributed by atoms with van der Waals surface area (Å²) in [4.78, 5) is 29.0. The van der Waals surface area contributed by atoms with E-state index >= 15 is 0 Å². The lowest BCUT2D eigenvalue weighted by Gasteiger charge is -2.21. The molecule has 8 nitrogen and oxygen atoms in total. The normalized spacial score (nSPS) is 16.4. The quantitative estimate of drug-likeness (QED) is 0.363. The number of fused-ring (bicyclic) bond motifs is 2. The van der Waals surface area contributed by atoms with E-state index in [4.69, 9.17) is 14.6 Å². The number of pyridine rings is 1. The number of benzene rings is 2. The van der Waals surface area contributed by atoms with E-state index in [0.29, 0.717) is 11.3 Å². The van der Waals surface area contributed by atoms with Gasteiger partial charge in [-0.05, 0) is 42.8 Å². The molecule has 2 N–H and O–H groups in total. The third kappa shape index (κ3) is 4.44. The lowest BCUT2D eigenvalue weighted by atomic mass is 10.1. The molecule has 0 fully saturated rings. The average Bonchev–Trinajstić information content (AvgIpc) is 3.36. The number of aryl methyl sites for hydroxylation is 1. The third-order valence-electron chi connectivity index (χ3n) is 6.22. The van der Waals surface area contributed by atoms with Gasteiger partial charge in [-0.3, -0.25) is 9.20 Å². The maximum Gasteiger partial charge on any atom is 0.506 e. The summed E-state index contributed by atoms with van der Waals surface area (Å²) in [6.45, 7) is 1.18. The smallest absolute Gasteiger partial charge is 0.485 e. The zero-order valence-electron chi connectivity index (χ0n) is 19.4. The molecule has 0 unspecified atom stereocenters. The van der Waals surface area contributed by atoms with Crippen LogP contribution in [0.1, 0.15) is 38.9 Å². The second kappa shape index (κ2) is 9.49. The summed E-state index contributed by atoms with van der Waals surface area (Å²) in [6.07, 6.45) is -0.921. The van der Waals surface area contributed by atoms with Gasteiger partial charge in [-0.15, -0.1) is 0 Å². The Bertz CT molecular complexity index is 1520. The first-order chi connectivity index (χ1) is 17.7. The van der Waals surface area contributed by atoms with Gasteiger partial charge in [-0.1, -0.05) is 18.2 Å². The molecule has 0 aliphatic heterocycles. The second-order valence-electron chi connectivity index (χ2n) is 8.49. The van der Waals surface area contributed by atoms with Crippen molar-refractivity contribution in [1.29, 1.82) is 0 Å². The monoisotopic (exact) mass is 511 g/mol. The minimum Gasteiger partial charge on any atom is -0.485 e. The molecule has 4 aromatic rings. The molecule has 2 aromatic heterocycles. The fourth-order valence-electron chi connectivity index (χ4n) is 4.60. The van der Waals surface area contributed by atoms with Crippen LogP contribution in [0.4, 0.5) is 18.0 Å². The van der Waals surface area contributed by atoms with Crippen LogP contribution in [-0.2, 0) is 17.8 Å². The molecule has 2 aromatic carbocycles. The molecule has 0 spiro atoms. The standard InChI is InChI=1S/C26H20F3N3O5/c1-13-23(25(33)31-22-20(37-26(34)35)11-14-5-2-8-18(29)21(14)22)32-10-4-9-19(24(32)30-13)36-12-15-16(27)6-3-7-17(15)28/h2-10,20,22H,11-12H2,1H3,(H,31,33)(H,34,35)/t20-,22-/m1/s1. The van der Waals surface area contributed by atoms with Crippen molar-refractivity contribution in [3.8, 4) is 5.75 Å². The number of imidazole rings is 1. The molecule has 1 aliphatic carbocycles. The Hall–Kier alpha value is -4.54. The van der Waals surface area contributed by atoms with E-state index in [2.05, 4.69) is 10.3 Å². The van der Waals surface area contributed by atoms with Gasteiger partial charge in [-0.25, -0.2) is 22.9 Å². The summed E-state index contributed by atoms with van der Waals surface area (Å²) in [6, 6.07) is 9.91. The van der Waals surface area contributed by atoms with Crippen molar-refractivity contribution in [1.82, 2.24) is 14.7 Å². The summed E-state index contributed by atoms with van der Waals surface area (Å²) in [5.74, 6) is -2.58. The van der Waals surface area contributed by atoms with Gasteiger partial charge >= 0.3 is 6.16 Å². The van der Waals surface area contributed by atoms with Crippen LogP contribution in [0.5, 0.6) is 5.75 Å². The number of rotatable bonds is 6. The number of carbonyl (C=O) groups is 2. The molecular weight excluding hydrogens is 491 g/mol. The van der Waals surface area contributed by atoms with Gasteiger partial charge in [0.25, 0.3) is 5.91 Å². The van der Waals surface area contributed by atoms with Gasteiger partial charge in [0, 0.05) is 18.2 Å². The Kier molecular flexibility index (Phi) is 6.20. The van der Waals surface area contributed by atoms with E-state index in [1.165, 1.54) is 22.6 Å². The molecule has 11 heteroatoms. The molecule has 2 heterocycles. The Morgan fingerprint density at radius 3 is 2.51 bits per heavy atom. The topological polar surface area (TPSA) is 102 Å². The van der Waals surface area contributed by atoms with Crippen LogP contribution in [0.25, 0.3) is 5.65 Å². The highest BCUT2D eigenvalue weighted by Crippen LogP contribution is 2.36. The first-order valence-corrected chi connectivity index (χ1v) is 11.3. The summed E-state index contributed by atoms with van der Waals surface area (Å²) >= 11 is 0. The van der Waals surface area contributed by atoms with Crippen LogP contribution in [0, 0.1) is 24.4 Å². The molecule has 0 radical (unpaired) electrons. The molecule has 5 rings (SSSR count). The van der Waals surface area contributed by atoms with Gasteiger partial charge in [0.2, 0.25) is 0 Å². The van der Waals surface area contributed by atoms with Crippen molar-refractivity contribution in [2.45, 2.75) is 32.1 Å². The summed E-state index contributed by atoms with van der Waals surface area (Å²) < 4.78 is 54.7. The van der Waals surface area contributed by atoms with E-state index in [9.17, 15) is 22.8 Å². The molecule has 1 amide bonds. The van der Waals surface area contributed by atoms with Gasteiger partial charge in [0.05, 0.1) is 17.3 Å². The highest BCUT2D eigenvalue weighted by atomic mass is 19.1. The molecule has 0 saturated heterocycles. The predicted molar refractivity (Wildman–Crippen MR) is 124 cm³/mol. The SMILES string of the molecule is Cc1nc2c(OCc3c(F)cccc3F)cccn2c1C(=O)N[C@H]1c2c(F)cccc2C[C@H]1OC(=O)O. The summed E-state index contributed by atoms with van der Waals surface area (Å²) in [5, 5.41) is 11.8. The Balaban J connectivity index is 1.45. The predicted octanol–water partition coefficient (Wildman–Crippen LogP) is 4.73. The van der Waals surface area contributed by atoms with E-state index in [-0.39, 0.29) is 34.6 Å². The number of carboxylic acid groups (broad SMARTS) is 1. The van der Waals surface area contributed by atoms with Gasteiger partial charge < -0.3 is 19.9 Å². The van der Waals surface area contributed by atoms with Crippen molar-refractivity contribution in [3.63, 3.8) is 0 Å². The fourth-order valence-corrected chi connectivity index (χ4v) is 4.60. The van der Waals surface area contributed by atoms with Crippen molar-refractivity contribution < 1.29 is 37.3 Å². The summed E-state index contributed by atoms with van der Waals surface area (Å²) in [5.41, 5.74) is 1.05. The molecule has 0 saturated carbocycles. The maximum absolute atomic E-state index is 14.7. The van der Waals surface area contributed by atoms with Gasteiger partial charge in [-0.2, -0.15) is 0 Å². The number of nitrogens with zero attached hydrogens (tertiary/aromatic N) is 2. The van der Waals surface area contributed by atoms with Crippen molar-refractivity contribution in [2.75, 3.05) is 0 Å². The summed E-state index contributed by atoms with van der Waals surface area (Å²) in [7, 11) is 0. The largest absolute Gasteiger partial charge is 0.506 e. The minimum atomic E-state index is -1.54. The highest BCUT2D eigenvalue weighted by Gasteiger charge is 2.39. The molecule has 190 valence electrons. The molecule has 0 bridgehead atoms. The maximum atomic E-state index is 14.7. The number of ether oxygens (including phenoxy) is 2. The minimum absolute atomic E-state index is 0.0939. The van der Waals surface area contributed by atoms with E-state index < -0.39 is 48.3 Å². The van der Waals surface area contributed by atoms with E-state index in [1.807, 2.05) is 0 Å². The van der Waals surface area contributed by atoms with Crippen LogP contribution in [0.15, 0.2) is 54.7 Å². The lowest BCUT2D eigenvalue weighted by Crippen LogP contribution is -2.37. The second-order valence-corrected chi connectivity index (χ2v) is 8.49. The van der Waals surface area contributed by atoms with Crippen LogP contribution >= 0.6 is 0 Å². The first kappa shape index (κ1) is 24.2. The fraction of sp³-hybridized carbons (Fsp3) is 0.192. The zero-order chi connectivity index (χ0) is 26.3. The number of nitrogens with one attached hydrogen (secondary N) is 1. The molecular formula is C26H20F3N3O5. The van der Waals surface area contributed by atoms with Gasteiger partial charge in [0.15, 0.2) is 11.4 Å². The third-order valence-corrected chi connectivity index (χ3v) is 6.22. The van der Waals surface area contributed by atoms with Crippen LogP contribution in [0.3, 0.4) is 0 Å². The van der Waals surface area contributed by atoms with E-state index in [1.54, 1.807) is 31.3 Å². The van der Waals surface area contributed by atoms with Crippen LogP contribution in [0.2, 0.25) is 0 Å². The van der Waals surface area contributed by atoms with Crippen molar-refractivity contribution in [3.05, 3.63) is 100 Å². The van der Waals surface area contributed by atoms with E-state index in [0.717, 1.165) is 12.1 Å². The Morgan fingerprint density at radius 1 is 1.08 bits per heavy atom. The Labute approximate surface area is 208 Å². The molecule has 2 atom stereocenters. The number of aromatic nitrogens is 2. The first-order valence-electron chi connectivity index (χ1n) is 11.3. The van der Waals surface area contributed by atoms with Crippen LogP contribution < -0.4 is 10.1 Å². The number of amides is 1. The average molecular weight is 511 g/mol. The number of halogens is 3. The van der Waals surface area contributed by atoms with Crippen LogP contribution in [-0.4, -0.2) is 32.7 Å². The van der Waals surface area contributed by atoms with Crippen molar-refractivity contribution in [2.24, 2.45) is 0 Å². The zero-order valence-corrected chi connectivity index (χ0v) is 19.4. The van der Waals surface area contributed by atoms with Crippen molar-refractivity contribution >= 4 is 17.7 Å². The number of hydrogen-bond donors (Lipinski definition) is 2. The number of hydrogen-bond acceptors (Lipinski definition) is 5. The Morgan fingerprint density at radius 2 is 1.78 bits per heavy atom.